The Bertz CT molecular complexity index is 630. The predicted molar refractivity (Wildman–Crippen MR) is 103 cm³/mol. The van der Waals surface area contributed by atoms with Crippen molar-refractivity contribution < 1.29 is 8.78 Å². The second kappa shape index (κ2) is 10.9. The zero-order chi connectivity index (χ0) is 16.5. The van der Waals surface area contributed by atoms with E-state index in [9.17, 15) is 8.78 Å². The molecule has 0 radical (unpaired) electrons. The number of halogens is 3. The van der Waals surface area contributed by atoms with E-state index in [-0.39, 0.29) is 24.0 Å². The molecule has 0 aliphatic heterocycles. The molecule has 0 unspecified atom stereocenters. The van der Waals surface area contributed by atoms with Gasteiger partial charge >= 0.3 is 0 Å². The van der Waals surface area contributed by atoms with Gasteiger partial charge in [0, 0.05) is 44.5 Å². The van der Waals surface area contributed by atoms with E-state index in [1.165, 1.54) is 12.1 Å². The van der Waals surface area contributed by atoms with Crippen LogP contribution in [0.15, 0.2) is 47.6 Å². The molecule has 0 saturated carbocycles. The molecule has 2 aromatic rings. The lowest BCUT2D eigenvalue weighted by atomic mass is 10.1. The van der Waals surface area contributed by atoms with Gasteiger partial charge in [-0.3, -0.25) is 9.98 Å². The van der Waals surface area contributed by atoms with Gasteiger partial charge < -0.3 is 10.6 Å². The Hall–Kier alpha value is -1.77. The van der Waals surface area contributed by atoms with Crippen molar-refractivity contribution in [2.75, 3.05) is 20.1 Å². The van der Waals surface area contributed by atoms with Crippen molar-refractivity contribution in [1.29, 1.82) is 0 Å². The first-order valence-corrected chi connectivity index (χ1v) is 7.47. The van der Waals surface area contributed by atoms with Crippen LogP contribution in [0.25, 0.3) is 0 Å². The SMILES string of the molecule is CN=C(NCCc1cc(F)cc(F)c1)NCCc1ccccn1.I. The topological polar surface area (TPSA) is 49.3 Å². The summed E-state index contributed by atoms with van der Waals surface area (Å²) >= 11 is 0. The van der Waals surface area contributed by atoms with Crippen molar-refractivity contribution in [3.05, 3.63) is 65.5 Å². The Balaban J connectivity index is 0.00000288. The van der Waals surface area contributed by atoms with Crippen LogP contribution in [0.5, 0.6) is 0 Å². The third-order valence-electron chi connectivity index (χ3n) is 3.25. The molecule has 130 valence electrons. The van der Waals surface area contributed by atoms with Crippen LogP contribution < -0.4 is 10.6 Å². The molecule has 7 heteroatoms. The van der Waals surface area contributed by atoms with Crippen LogP contribution in [0.2, 0.25) is 0 Å². The third-order valence-corrected chi connectivity index (χ3v) is 3.25. The van der Waals surface area contributed by atoms with Crippen LogP contribution >= 0.6 is 24.0 Å². The monoisotopic (exact) mass is 446 g/mol. The molecule has 0 spiro atoms. The minimum Gasteiger partial charge on any atom is -0.356 e. The summed E-state index contributed by atoms with van der Waals surface area (Å²) < 4.78 is 26.2. The van der Waals surface area contributed by atoms with Crippen LogP contribution in [0.1, 0.15) is 11.3 Å². The molecule has 1 aromatic heterocycles. The van der Waals surface area contributed by atoms with Gasteiger partial charge in [0.25, 0.3) is 0 Å². The van der Waals surface area contributed by atoms with Gasteiger partial charge in [-0.2, -0.15) is 0 Å². The van der Waals surface area contributed by atoms with Gasteiger partial charge in [-0.05, 0) is 36.2 Å². The van der Waals surface area contributed by atoms with Gasteiger partial charge in [-0.15, -0.1) is 24.0 Å². The second-order valence-corrected chi connectivity index (χ2v) is 5.02. The average Bonchev–Trinajstić information content (AvgIpc) is 2.53. The van der Waals surface area contributed by atoms with Gasteiger partial charge in [0.1, 0.15) is 11.6 Å². The number of benzene rings is 1. The summed E-state index contributed by atoms with van der Waals surface area (Å²) in [7, 11) is 1.68. The van der Waals surface area contributed by atoms with Crippen molar-refractivity contribution >= 4 is 29.9 Å². The number of hydrogen-bond donors (Lipinski definition) is 2. The average molecular weight is 446 g/mol. The Morgan fingerprint density at radius 1 is 1.04 bits per heavy atom. The number of nitrogens with zero attached hydrogens (tertiary/aromatic N) is 2. The fraction of sp³-hybridized carbons (Fsp3) is 0.294. The van der Waals surface area contributed by atoms with Gasteiger partial charge in [0.05, 0.1) is 0 Å². The number of hydrogen-bond acceptors (Lipinski definition) is 2. The molecule has 1 heterocycles. The molecule has 2 N–H and O–H groups in total. The minimum atomic E-state index is -0.558. The minimum absolute atomic E-state index is 0. The highest BCUT2D eigenvalue weighted by Gasteiger charge is 2.02. The van der Waals surface area contributed by atoms with Crippen molar-refractivity contribution in [3.63, 3.8) is 0 Å². The van der Waals surface area contributed by atoms with E-state index in [0.29, 0.717) is 31.0 Å². The molecule has 0 saturated heterocycles. The van der Waals surface area contributed by atoms with E-state index in [2.05, 4.69) is 20.6 Å². The van der Waals surface area contributed by atoms with Crippen LogP contribution in [0.3, 0.4) is 0 Å². The van der Waals surface area contributed by atoms with Gasteiger partial charge in [-0.25, -0.2) is 8.78 Å². The maximum Gasteiger partial charge on any atom is 0.190 e. The highest BCUT2D eigenvalue weighted by Crippen LogP contribution is 2.08. The quantitative estimate of drug-likeness (QED) is 0.408. The molecular formula is C17H21F2IN4. The molecule has 1 aromatic carbocycles. The first-order valence-electron chi connectivity index (χ1n) is 7.47. The molecule has 0 aliphatic carbocycles. The van der Waals surface area contributed by atoms with E-state index in [0.717, 1.165) is 18.2 Å². The number of nitrogens with one attached hydrogen (secondary N) is 2. The lowest BCUT2D eigenvalue weighted by Crippen LogP contribution is -2.39. The van der Waals surface area contributed by atoms with Crippen molar-refractivity contribution in [2.45, 2.75) is 12.8 Å². The van der Waals surface area contributed by atoms with Gasteiger partial charge in [-0.1, -0.05) is 6.07 Å². The number of aromatic nitrogens is 1. The lowest BCUT2D eigenvalue weighted by Gasteiger charge is -2.11. The second-order valence-electron chi connectivity index (χ2n) is 5.02. The molecule has 0 atom stereocenters. The number of aliphatic imine (C=N–C) groups is 1. The molecular weight excluding hydrogens is 425 g/mol. The molecule has 2 rings (SSSR count). The molecule has 4 nitrogen and oxygen atoms in total. The standard InChI is InChI=1S/C17H20F2N4.HI/c1-20-17(23-9-6-16-4-2-3-7-21-16)22-8-5-13-10-14(18)12-15(19)11-13;/h2-4,7,10-12H,5-6,8-9H2,1H3,(H2,20,22,23);1H. The first-order chi connectivity index (χ1) is 11.2. The van der Waals surface area contributed by atoms with Crippen LogP contribution in [-0.4, -0.2) is 31.1 Å². The first kappa shape index (κ1) is 20.3. The Morgan fingerprint density at radius 2 is 1.71 bits per heavy atom. The van der Waals surface area contributed by atoms with Crippen molar-refractivity contribution in [1.82, 2.24) is 15.6 Å². The maximum absolute atomic E-state index is 13.1. The smallest absolute Gasteiger partial charge is 0.190 e. The summed E-state index contributed by atoms with van der Waals surface area (Å²) in [6.45, 7) is 1.23. The summed E-state index contributed by atoms with van der Waals surface area (Å²) in [6.07, 6.45) is 3.06. The predicted octanol–water partition coefficient (Wildman–Crippen LogP) is 2.93. The van der Waals surface area contributed by atoms with E-state index in [1.807, 2.05) is 18.2 Å². The highest BCUT2D eigenvalue weighted by molar-refractivity contribution is 14.0. The maximum atomic E-state index is 13.1. The largest absolute Gasteiger partial charge is 0.356 e. The van der Waals surface area contributed by atoms with E-state index >= 15 is 0 Å². The summed E-state index contributed by atoms with van der Waals surface area (Å²) in [4.78, 5) is 8.36. The summed E-state index contributed by atoms with van der Waals surface area (Å²) in [6, 6.07) is 9.34. The number of guanidine groups is 1. The van der Waals surface area contributed by atoms with Crippen LogP contribution in [0.4, 0.5) is 8.78 Å². The zero-order valence-corrected chi connectivity index (χ0v) is 15.8. The van der Waals surface area contributed by atoms with Crippen molar-refractivity contribution in [2.24, 2.45) is 4.99 Å². The van der Waals surface area contributed by atoms with E-state index in [4.69, 9.17) is 0 Å². The van der Waals surface area contributed by atoms with Gasteiger partial charge in [0.15, 0.2) is 5.96 Å². The van der Waals surface area contributed by atoms with E-state index < -0.39 is 11.6 Å². The van der Waals surface area contributed by atoms with Crippen LogP contribution in [0, 0.1) is 11.6 Å². The highest BCUT2D eigenvalue weighted by atomic mass is 127. The molecule has 0 amide bonds. The molecule has 0 aliphatic rings. The normalized spacial score (nSPS) is 10.9. The van der Waals surface area contributed by atoms with E-state index in [1.54, 1.807) is 13.2 Å². The van der Waals surface area contributed by atoms with Gasteiger partial charge in [0.2, 0.25) is 0 Å². The molecule has 0 fully saturated rings. The number of pyridine rings is 1. The zero-order valence-electron chi connectivity index (χ0n) is 13.4. The van der Waals surface area contributed by atoms with Crippen LogP contribution in [-0.2, 0) is 12.8 Å². The fourth-order valence-electron chi connectivity index (χ4n) is 2.16. The Kier molecular flexibility index (Phi) is 9.21. The molecule has 24 heavy (non-hydrogen) atoms. The Labute approximate surface area is 157 Å². The fourth-order valence-corrected chi connectivity index (χ4v) is 2.16. The Morgan fingerprint density at radius 3 is 2.29 bits per heavy atom. The lowest BCUT2D eigenvalue weighted by molar-refractivity contribution is 0.579. The summed E-state index contributed by atoms with van der Waals surface area (Å²) in [5, 5.41) is 6.29. The van der Waals surface area contributed by atoms with Crippen molar-refractivity contribution in [3.8, 4) is 0 Å². The summed E-state index contributed by atoms with van der Waals surface area (Å²) in [5.41, 5.74) is 1.62. The third kappa shape index (κ3) is 7.20. The number of rotatable bonds is 6. The summed E-state index contributed by atoms with van der Waals surface area (Å²) in [5.74, 6) is -0.464. The molecule has 0 bridgehead atoms.